The van der Waals surface area contributed by atoms with Gasteiger partial charge in [-0.15, -0.1) is 0 Å². The summed E-state index contributed by atoms with van der Waals surface area (Å²) in [5, 5.41) is 0.883. The fourth-order valence-corrected chi connectivity index (χ4v) is 4.45. The Kier molecular flexibility index (Phi) is 5.07. The van der Waals surface area contributed by atoms with E-state index in [1.54, 1.807) is 6.07 Å². The van der Waals surface area contributed by atoms with Gasteiger partial charge < -0.3 is 4.74 Å². The zero-order valence-corrected chi connectivity index (χ0v) is 15.8. The van der Waals surface area contributed by atoms with Crippen LogP contribution in [-0.2, 0) is 0 Å². The topological polar surface area (TPSA) is 9.23 Å². The Labute approximate surface area is 158 Å². The number of hydrogen-bond acceptors (Lipinski definition) is 2. The van der Waals surface area contributed by atoms with Crippen molar-refractivity contribution in [1.82, 2.24) is 0 Å². The molecule has 1 nitrogen and oxygen atoms in total. The second-order valence-electron chi connectivity index (χ2n) is 7.14. The van der Waals surface area contributed by atoms with E-state index in [2.05, 4.69) is 6.92 Å². The van der Waals surface area contributed by atoms with Gasteiger partial charge in [-0.25, -0.2) is 4.39 Å². The first-order valence-corrected chi connectivity index (χ1v) is 10.1. The van der Waals surface area contributed by atoms with Gasteiger partial charge in [0.15, 0.2) is 5.06 Å². The summed E-state index contributed by atoms with van der Waals surface area (Å²) < 4.78 is 20.6. The minimum absolute atomic E-state index is 0.188. The number of aryl methyl sites for hydroxylation is 1. The number of ether oxygens (including phenoxy) is 1. The van der Waals surface area contributed by atoms with Crippen molar-refractivity contribution in [3.8, 4) is 26.6 Å². The van der Waals surface area contributed by atoms with Gasteiger partial charge in [0.05, 0.1) is 6.61 Å². The first kappa shape index (κ1) is 17.3. The molecule has 0 radical (unpaired) electrons. The van der Waals surface area contributed by atoms with Crippen molar-refractivity contribution in [1.29, 1.82) is 0 Å². The van der Waals surface area contributed by atoms with Crippen molar-refractivity contribution in [2.24, 2.45) is 5.92 Å². The normalized spacial score (nSPS) is 14.7. The zero-order valence-electron chi connectivity index (χ0n) is 15.0. The molecule has 1 fully saturated rings. The molecule has 1 saturated carbocycles. The highest BCUT2D eigenvalue weighted by Gasteiger charge is 2.16. The minimum Gasteiger partial charge on any atom is -0.484 e. The Balaban J connectivity index is 1.50. The molecule has 1 aliphatic carbocycles. The summed E-state index contributed by atoms with van der Waals surface area (Å²) in [6.45, 7) is 2.84. The second-order valence-corrected chi connectivity index (χ2v) is 8.19. The smallest absolute Gasteiger partial charge is 0.174 e. The summed E-state index contributed by atoms with van der Waals surface area (Å²) in [4.78, 5) is 0.916. The molecule has 0 saturated heterocycles. The van der Waals surface area contributed by atoms with E-state index in [9.17, 15) is 4.39 Å². The van der Waals surface area contributed by atoms with Gasteiger partial charge in [-0.05, 0) is 61.1 Å². The lowest BCUT2D eigenvalue weighted by atomic mass is 10.0. The fourth-order valence-electron chi connectivity index (χ4n) is 3.56. The highest BCUT2D eigenvalue weighted by atomic mass is 32.1. The van der Waals surface area contributed by atoms with Gasteiger partial charge in [-0.2, -0.15) is 0 Å². The van der Waals surface area contributed by atoms with Gasteiger partial charge in [-0.1, -0.05) is 60.1 Å². The average molecular weight is 367 g/mol. The lowest BCUT2D eigenvalue weighted by Gasteiger charge is -2.09. The summed E-state index contributed by atoms with van der Waals surface area (Å²) >= 11 is 1.52. The third-order valence-corrected chi connectivity index (χ3v) is 6.17. The summed E-state index contributed by atoms with van der Waals surface area (Å²) in [6.07, 6.45) is 5.19. The number of benzene rings is 2. The molecular formula is C23H23FOS. The molecule has 0 aliphatic heterocycles. The van der Waals surface area contributed by atoms with Gasteiger partial charge in [0.25, 0.3) is 0 Å². The fraction of sp³-hybridized carbons (Fsp3) is 0.304. The number of rotatable bonds is 5. The van der Waals surface area contributed by atoms with Gasteiger partial charge in [0.2, 0.25) is 0 Å². The maximum atomic E-state index is 14.7. The van der Waals surface area contributed by atoms with Crippen LogP contribution in [0, 0.1) is 18.7 Å². The molecule has 1 heterocycles. The maximum Gasteiger partial charge on any atom is 0.174 e. The van der Waals surface area contributed by atoms with Crippen LogP contribution in [0.5, 0.6) is 5.06 Å². The highest BCUT2D eigenvalue weighted by Crippen LogP contribution is 2.36. The summed E-state index contributed by atoms with van der Waals surface area (Å²) in [7, 11) is 0. The molecule has 0 unspecified atom stereocenters. The molecule has 0 bridgehead atoms. The van der Waals surface area contributed by atoms with Gasteiger partial charge >= 0.3 is 0 Å². The van der Waals surface area contributed by atoms with Crippen molar-refractivity contribution in [3.63, 3.8) is 0 Å². The first-order chi connectivity index (χ1) is 12.7. The van der Waals surface area contributed by atoms with Crippen LogP contribution < -0.4 is 4.74 Å². The number of thiophene rings is 1. The van der Waals surface area contributed by atoms with E-state index in [-0.39, 0.29) is 5.82 Å². The van der Waals surface area contributed by atoms with E-state index in [1.165, 1.54) is 42.6 Å². The predicted octanol–water partition coefficient (Wildman–Crippen LogP) is 7.10. The SMILES string of the molecule is Cc1ccc(-c2ccc(-c3ccc(OCC4CCCC4)s3)c(F)c2)cc1. The van der Waals surface area contributed by atoms with E-state index in [0.717, 1.165) is 27.7 Å². The molecule has 26 heavy (non-hydrogen) atoms. The average Bonchev–Trinajstić information content (AvgIpc) is 3.32. The number of halogens is 1. The first-order valence-electron chi connectivity index (χ1n) is 9.28. The van der Waals surface area contributed by atoms with Crippen molar-refractivity contribution in [2.75, 3.05) is 6.61 Å². The lowest BCUT2D eigenvalue weighted by Crippen LogP contribution is -2.06. The monoisotopic (exact) mass is 366 g/mol. The van der Waals surface area contributed by atoms with Crippen molar-refractivity contribution >= 4 is 11.3 Å². The van der Waals surface area contributed by atoms with Crippen LogP contribution in [0.25, 0.3) is 21.6 Å². The largest absolute Gasteiger partial charge is 0.484 e. The van der Waals surface area contributed by atoms with Crippen LogP contribution in [0.15, 0.2) is 54.6 Å². The van der Waals surface area contributed by atoms with E-state index in [0.29, 0.717) is 11.5 Å². The Bertz CT molecular complexity index is 875. The second kappa shape index (κ2) is 7.63. The molecule has 1 aromatic heterocycles. The van der Waals surface area contributed by atoms with Crippen molar-refractivity contribution in [2.45, 2.75) is 32.6 Å². The predicted molar refractivity (Wildman–Crippen MR) is 107 cm³/mol. The molecule has 2 aromatic carbocycles. The van der Waals surface area contributed by atoms with Gasteiger partial charge in [0, 0.05) is 10.4 Å². The molecular weight excluding hydrogens is 343 g/mol. The summed E-state index contributed by atoms with van der Waals surface area (Å²) in [5.74, 6) is 0.498. The highest BCUT2D eigenvalue weighted by molar-refractivity contribution is 7.17. The van der Waals surface area contributed by atoms with Crippen LogP contribution in [0.1, 0.15) is 31.2 Å². The maximum absolute atomic E-state index is 14.7. The Morgan fingerprint density at radius 1 is 0.962 bits per heavy atom. The number of hydrogen-bond donors (Lipinski definition) is 0. The van der Waals surface area contributed by atoms with E-state index in [1.807, 2.05) is 48.5 Å². The van der Waals surface area contributed by atoms with Crippen molar-refractivity contribution in [3.05, 3.63) is 66.0 Å². The molecule has 3 heteroatoms. The van der Waals surface area contributed by atoms with Crippen molar-refractivity contribution < 1.29 is 9.13 Å². The minimum atomic E-state index is -0.188. The Morgan fingerprint density at radius 2 is 1.69 bits per heavy atom. The standard InChI is InChI=1S/C23H23FOS/c1-16-6-8-18(9-7-16)19-10-11-20(21(24)14-19)22-12-13-23(26-22)25-15-17-4-2-3-5-17/h6-14,17H,2-5,15H2,1H3. The quantitative estimate of drug-likeness (QED) is 0.468. The van der Waals surface area contributed by atoms with Crippen LogP contribution >= 0.6 is 11.3 Å². The molecule has 4 rings (SSSR count). The third-order valence-electron chi connectivity index (χ3n) is 5.14. The third kappa shape index (κ3) is 3.83. The molecule has 134 valence electrons. The van der Waals surface area contributed by atoms with Crippen LogP contribution in [0.2, 0.25) is 0 Å². The Morgan fingerprint density at radius 3 is 2.42 bits per heavy atom. The molecule has 3 aromatic rings. The summed E-state index contributed by atoms with van der Waals surface area (Å²) in [5.41, 5.74) is 3.78. The molecule has 0 spiro atoms. The molecule has 0 N–H and O–H groups in total. The van der Waals surface area contributed by atoms with Crippen LogP contribution in [0.3, 0.4) is 0 Å². The van der Waals surface area contributed by atoms with Crippen LogP contribution in [-0.4, -0.2) is 6.61 Å². The van der Waals surface area contributed by atoms with E-state index >= 15 is 0 Å². The molecule has 0 amide bonds. The van der Waals surface area contributed by atoms with Crippen LogP contribution in [0.4, 0.5) is 4.39 Å². The summed E-state index contributed by atoms with van der Waals surface area (Å²) in [6, 6.07) is 17.6. The zero-order chi connectivity index (χ0) is 17.9. The van der Waals surface area contributed by atoms with Gasteiger partial charge in [0.1, 0.15) is 5.82 Å². The lowest BCUT2D eigenvalue weighted by molar-refractivity contribution is 0.259. The molecule has 1 aliphatic rings. The Hall–Kier alpha value is -2.13. The van der Waals surface area contributed by atoms with E-state index in [4.69, 9.17) is 4.74 Å². The molecule has 0 atom stereocenters. The van der Waals surface area contributed by atoms with Gasteiger partial charge in [-0.3, -0.25) is 0 Å². The van der Waals surface area contributed by atoms with E-state index < -0.39 is 0 Å².